The fourth-order valence-corrected chi connectivity index (χ4v) is 5.70. The van der Waals surface area contributed by atoms with E-state index >= 15 is 0 Å². The van der Waals surface area contributed by atoms with Crippen molar-refractivity contribution in [1.29, 1.82) is 0 Å². The summed E-state index contributed by atoms with van der Waals surface area (Å²) >= 11 is 4.63. The van der Waals surface area contributed by atoms with Gasteiger partial charge in [0, 0.05) is 43.3 Å². The molecule has 3 aliphatic rings. The first-order valence-electron chi connectivity index (χ1n) is 11.7. The van der Waals surface area contributed by atoms with Crippen molar-refractivity contribution in [3.05, 3.63) is 36.3 Å². The van der Waals surface area contributed by atoms with E-state index in [1.165, 1.54) is 31.3 Å². The van der Waals surface area contributed by atoms with Crippen molar-refractivity contribution >= 4 is 35.7 Å². The number of aliphatic hydroxyl groups is 1. The Morgan fingerprint density at radius 3 is 2.75 bits per heavy atom. The van der Waals surface area contributed by atoms with E-state index in [0.717, 1.165) is 54.7 Å². The average molecular weight is 453 g/mol. The molecule has 2 unspecified atom stereocenters. The molecule has 32 heavy (non-hydrogen) atoms. The minimum absolute atomic E-state index is 0.185. The number of piperazine rings is 1. The molecule has 2 N–H and O–H groups in total. The molecule has 4 heterocycles. The van der Waals surface area contributed by atoms with Crippen molar-refractivity contribution in [3.63, 3.8) is 0 Å². The topological polar surface area (TPSA) is 77.4 Å². The number of aliphatic hydroxyl groups excluding tert-OH is 1. The highest BCUT2D eigenvalue weighted by Crippen LogP contribution is 2.38. The highest BCUT2D eigenvalue weighted by molar-refractivity contribution is 7.80. The van der Waals surface area contributed by atoms with Crippen molar-refractivity contribution in [2.75, 3.05) is 36.4 Å². The molecule has 1 saturated carbocycles. The van der Waals surface area contributed by atoms with Gasteiger partial charge in [0.2, 0.25) is 5.95 Å². The van der Waals surface area contributed by atoms with E-state index in [4.69, 9.17) is 4.98 Å². The van der Waals surface area contributed by atoms with Gasteiger partial charge in [-0.25, -0.2) is 15.0 Å². The lowest BCUT2D eigenvalue weighted by atomic mass is 9.94. The first-order chi connectivity index (χ1) is 15.6. The van der Waals surface area contributed by atoms with Crippen molar-refractivity contribution in [3.8, 4) is 0 Å². The van der Waals surface area contributed by atoms with Gasteiger partial charge in [-0.05, 0) is 49.8 Å². The molecule has 0 bridgehead atoms. The second kappa shape index (κ2) is 9.37. The summed E-state index contributed by atoms with van der Waals surface area (Å²) in [5.41, 5.74) is 3.31. The maximum atomic E-state index is 9.94. The number of fused-ring (bicyclic) bond motifs is 1. The zero-order valence-electron chi connectivity index (χ0n) is 18.6. The van der Waals surface area contributed by atoms with Gasteiger partial charge in [0.25, 0.3) is 0 Å². The fourth-order valence-electron chi connectivity index (χ4n) is 5.46. The first-order valence-corrected chi connectivity index (χ1v) is 12.2. The van der Waals surface area contributed by atoms with Crippen LogP contribution in [0, 0.1) is 5.92 Å². The van der Waals surface area contributed by atoms with Crippen LogP contribution in [0.25, 0.3) is 5.57 Å². The molecule has 2 aromatic rings. The normalized spacial score (nSPS) is 24.7. The molecule has 2 saturated heterocycles. The third-order valence-electron chi connectivity index (χ3n) is 7.10. The molecule has 0 amide bonds. The van der Waals surface area contributed by atoms with Gasteiger partial charge in [0.05, 0.1) is 23.7 Å². The number of aromatic nitrogens is 3. The molecule has 2 atom stereocenters. The van der Waals surface area contributed by atoms with Gasteiger partial charge in [-0.3, -0.25) is 4.90 Å². The quantitative estimate of drug-likeness (QED) is 0.597. The summed E-state index contributed by atoms with van der Waals surface area (Å²) in [6.45, 7) is 5.78. The van der Waals surface area contributed by atoms with Crippen LogP contribution in [0.3, 0.4) is 0 Å². The number of thiol groups is 1. The molecule has 7 nitrogen and oxygen atoms in total. The fraction of sp³-hybridized carbons (Fsp3) is 0.542. The SMILES string of the molecule is C/C=C(/c1nc(Nc2ccc(N3CCN4CC(O)CC4C3)cn2)ncc1S)C1CCCC1. The molecular weight excluding hydrogens is 420 g/mol. The summed E-state index contributed by atoms with van der Waals surface area (Å²) in [5, 5.41) is 13.2. The Hall–Kier alpha value is -2.16. The summed E-state index contributed by atoms with van der Waals surface area (Å²) < 4.78 is 0. The second-order valence-corrected chi connectivity index (χ2v) is 9.65. The van der Waals surface area contributed by atoms with E-state index in [1.807, 2.05) is 12.3 Å². The Kier molecular flexibility index (Phi) is 6.35. The summed E-state index contributed by atoms with van der Waals surface area (Å²) in [4.78, 5) is 19.4. The van der Waals surface area contributed by atoms with E-state index in [2.05, 4.69) is 56.8 Å². The zero-order valence-corrected chi connectivity index (χ0v) is 19.5. The zero-order chi connectivity index (χ0) is 22.1. The molecule has 8 heteroatoms. The van der Waals surface area contributed by atoms with Crippen LogP contribution in [-0.4, -0.2) is 63.3 Å². The number of nitrogens with zero attached hydrogens (tertiary/aromatic N) is 5. The van der Waals surface area contributed by atoms with E-state index in [1.54, 1.807) is 6.20 Å². The molecule has 2 aliphatic heterocycles. The lowest BCUT2D eigenvalue weighted by Crippen LogP contribution is -2.50. The second-order valence-electron chi connectivity index (χ2n) is 9.16. The molecule has 2 aromatic heterocycles. The van der Waals surface area contributed by atoms with Crippen LogP contribution >= 0.6 is 12.6 Å². The van der Waals surface area contributed by atoms with Crippen molar-refractivity contribution in [2.24, 2.45) is 5.92 Å². The van der Waals surface area contributed by atoms with E-state index in [9.17, 15) is 5.11 Å². The number of nitrogens with one attached hydrogen (secondary N) is 1. The molecular formula is C24H32N6OS. The van der Waals surface area contributed by atoms with Crippen molar-refractivity contribution in [2.45, 2.75) is 56.1 Å². The lowest BCUT2D eigenvalue weighted by molar-refractivity contribution is 0.173. The van der Waals surface area contributed by atoms with Crippen LogP contribution in [0.2, 0.25) is 0 Å². The molecule has 0 radical (unpaired) electrons. The highest BCUT2D eigenvalue weighted by Gasteiger charge is 2.35. The Labute approximate surface area is 195 Å². The van der Waals surface area contributed by atoms with Crippen LogP contribution in [-0.2, 0) is 0 Å². The summed E-state index contributed by atoms with van der Waals surface area (Å²) in [6.07, 6.45) is 11.5. The highest BCUT2D eigenvalue weighted by atomic mass is 32.1. The summed E-state index contributed by atoms with van der Waals surface area (Å²) in [7, 11) is 0. The molecule has 3 fully saturated rings. The van der Waals surface area contributed by atoms with E-state index in [0.29, 0.717) is 17.9 Å². The van der Waals surface area contributed by atoms with Crippen LogP contribution in [0.15, 0.2) is 35.5 Å². The van der Waals surface area contributed by atoms with Crippen LogP contribution < -0.4 is 10.2 Å². The van der Waals surface area contributed by atoms with E-state index in [-0.39, 0.29) is 6.10 Å². The van der Waals surface area contributed by atoms with Gasteiger partial charge in [-0.15, -0.1) is 12.6 Å². The monoisotopic (exact) mass is 452 g/mol. The number of pyridine rings is 1. The third kappa shape index (κ3) is 4.49. The van der Waals surface area contributed by atoms with Crippen molar-refractivity contribution in [1.82, 2.24) is 19.9 Å². The maximum absolute atomic E-state index is 9.94. The molecule has 5 rings (SSSR count). The predicted molar refractivity (Wildman–Crippen MR) is 131 cm³/mol. The van der Waals surface area contributed by atoms with Crippen LogP contribution in [0.5, 0.6) is 0 Å². The molecule has 0 spiro atoms. The van der Waals surface area contributed by atoms with Crippen molar-refractivity contribution < 1.29 is 5.11 Å². The minimum atomic E-state index is -0.185. The summed E-state index contributed by atoms with van der Waals surface area (Å²) in [5.74, 6) is 1.83. The number of rotatable bonds is 5. The standard InChI is InChI=1S/C24H32N6OS/c1-2-20(16-5-3-4-6-16)23-21(32)13-26-24(28-23)27-22-8-7-17(12-25-22)29-9-10-30-15-19(31)11-18(30)14-29/h2,7-8,12-13,16,18-19,31-32H,3-6,9-11,14-15H2,1H3,(H,25,26,27,28)/b20-2+. The lowest BCUT2D eigenvalue weighted by Gasteiger charge is -2.38. The van der Waals surface area contributed by atoms with Crippen LogP contribution in [0.4, 0.5) is 17.5 Å². The first kappa shape index (κ1) is 21.7. The van der Waals surface area contributed by atoms with Gasteiger partial charge in [-0.1, -0.05) is 18.9 Å². The van der Waals surface area contributed by atoms with Crippen LogP contribution in [0.1, 0.15) is 44.7 Å². The van der Waals surface area contributed by atoms with Gasteiger partial charge in [0.1, 0.15) is 5.82 Å². The molecule has 0 aromatic carbocycles. The number of hydrogen-bond acceptors (Lipinski definition) is 8. The largest absolute Gasteiger partial charge is 0.392 e. The van der Waals surface area contributed by atoms with Gasteiger partial charge < -0.3 is 15.3 Å². The smallest absolute Gasteiger partial charge is 0.228 e. The predicted octanol–water partition coefficient (Wildman–Crippen LogP) is 3.75. The Morgan fingerprint density at radius 1 is 1.16 bits per heavy atom. The third-order valence-corrected chi connectivity index (χ3v) is 7.42. The maximum Gasteiger partial charge on any atom is 0.228 e. The van der Waals surface area contributed by atoms with Gasteiger partial charge in [0.15, 0.2) is 0 Å². The Balaban J connectivity index is 1.28. The average Bonchev–Trinajstić information content (AvgIpc) is 3.45. The van der Waals surface area contributed by atoms with Gasteiger partial charge >= 0.3 is 0 Å². The summed E-state index contributed by atoms with van der Waals surface area (Å²) in [6, 6.07) is 4.51. The Bertz CT molecular complexity index is 975. The van der Waals surface area contributed by atoms with E-state index < -0.39 is 0 Å². The van der Waals surface area contributed by atoms with Gasteiger partial charge in [-0.2, -0.15) is 0 Å². The number of hydrogen-bond donors (Lipinski definition) is 3. The minimum Gasteiger partial charge on any atom is -0.392 e. The molecule has 170 valence electrons. The number of allylic oxidation sites excluding steroid dienone is 2. The molecule has 1 aliphatic carbocycles. The Morgan fingerprint density at radius 2 is 2.00 bits per heavy atom. The number of anilines is 3.